The predicted molar refractivity (Wildman–Crippen MR) is 59.9 cm³/mol. The van der Waals surface area contributed by atoms with Crippen LogP contribution in [-0.4, -0.2) is 30.0 Å². The molecule has 0 aliphatic carbocycles. The molecule has 0 unspecified atom stereocenters. The van der Waals surface area contributed by atoms with Gasteiger partial charge in [0.2, 0.25) is 11.9 Å². The van der Waals surface area contributed by atoms with Gasteiger partial charge in [-0.3, -0.25) is 4.79 Å². The lowest BCUT2D eigenvalue weighted by atomic mass is 10.3. The van der Waals surface area contributed by atoms with Gasteiger partial charge in [-0.2, -0.15) is 0 Å². The molecule has 0 saturated heterocycles. The molecule has 0 aliphatic rings. The minimum absolute atomic E-state index is 0.00120. The fourth-order valence-electron chi connectivity index (χ4n) is 1.07. The number of amides is 1. The third kappa shape index (κ3) is 3.53. The van der Waals surface area contributed by atoms with Gasteiger partial charge in [0.05, 0.1) is 18.1 Å². The minimum Gasteiger partial charge on any atom is -0.347 e. The molecule has 0 spiro atoms. The first kappa shape index (κ1) is 11.4. The first-order valence-electron chi connectivity index (χ1n) is 4.92. The second-order valence-corrected chi connectivity index (χ2v) is 3.46. The van der Waals surface area contributed by atoms with E-state index in [1.807, 2.05) is 21.0 Å². The van der Waals surface area contributed by atoms with E-state index in [1.54, 1.807) is 17.3 Å². The minimum atomic E-state index is -0.00120. The predicted octanol–water partition coefficient (Wildman–Crippen LogP) is 1.28. The molecule has 0 bridgehead atoms. The number of aromatic nitrogens is 2. The molecule has 1 aromatic heterocycles. The van der Waals surface area contributed by atoms with E-state index in [0.29, 0.717) is 18.1 Å². The Morgan fingerprint density at radius 2 is 2.00 bits per heavy atom. The molecule has 1 amide bonds. The van der Waals surface area contributed by atoms with Gasteiger partial charge >= 0.3 is 0 Å². The molecule has 0 saturated carbocycles. The number of carbonyl (C=O) groups excluding carboxylic acids is 1. The molecule has 15 heavy (non-hydrogen) atoms. The Morgan fingerprint density at radius 3 is 2.47 bits per heavy atom. The first-order valence-corrected chi connectivity index (χ1v) is 4.92. The summed E-state index contributed by atoms with van der Waals surface area (Å²) < 4.78 is 0. The lowest BCUT2D eigenvalue weighted by molar-refractivity contribution is -0.116. The molecule has 82 valence electrons. The monoisotopic (exact) mass is 208 g/mol. The van der Waals surface area contributed by atoms with Crippen molar-refractivity contribution in [3.05, 3.63) is 12.4 Å². The standard InChI is InChI=1S/C10H16N4O/c1-4-5-9(15)13-8-6-11-10(12-7-8)14(2)3/h6-7H,4-5H2,1-3H3,(H,13,15). The zero-order valence-electron chi connectivity index (χ0n) is 9.32. The van der Waals surface area contributed by atoms with Crippen molar-refractivity contribution in [2.24, 2.45) is 0 Å². The van der Waals surface area contributed by atoms with E-state index in [-0.39, 0.29) is 5.91 Å². The van der Waals surface area contributed by atoms with Crippen molar-refractivity contribution >= 4 is 17.5 Å². The Hall–Kier alpha value is -1.65. The topological polar surface area (TPSA) is 58.1 Å². The molecule has 1 N–H and O–H groups in total. The maximum Gasteiger partial charge on any atom is 0.224 e. The van der Waals surface area contributed by atoms with E-state index in [0.717, 1.165) is 6.42 Å². The Kier molecular flexibility index (Phi) is 4.03. The van der Waals surface area contributed by atoms with Crippen molar-refractivity contribution in [2.45, 2.75) is 19.8 Å². The van der Waals surface area contributed by atoms with Crippen LogP contribution < -0.4 is 10.2 Å². The van der Waals surface area contributed by atoms with Crippen molar-refractivity contribution in [1.29, 1.82) is 0 Å². The fraction of sp³-hybridized carbons (Fsp3) is 0.500. The third-order valence-corrected chi connectivity index (χ3v) is 1.80. The van der Waals surface area contributed by atoms with Crippen molar-refractivity contribution in [1.82, 2.24) is 9.97 Å². The molecule has 0 aliphatic heterocycles. The maximum atomic E-state index is 11.3. The Morgan fingerprint density at radius 1 is 1.40 bits per heavy atom. The summed E-state index contributed by atoms with van der Waals surface area (Å²) in [6.45, 7) is 1.96. The summed E-state index contributed by atoms with van der Waals surface area (Å²) in [4.78, 5) is 21.2. The van der Waals surface area contributed by atoms with Crippen LogP contribution in [0.5, 0.6) is 0 Å². The number of nitrogens with zero attached hydrogens (tertiary/aromatic N) is 3. The van der Waals surface area contributed by atoms with Crippen LogP contribution >= 0.6 is 0 Å². The molecule has 0 aromatic carbocycles. The highest BCUT2D eigenvalue weighted by molar-refractivity contribution is 5.90. The summed E-state index contributed by atoms with van der Waals surface area (Å²) in [5.41, 5.74) is 0.638. The molecule has 1 aromatic rings. The highest BCUT2D eigenvalue weighted by Crippen LogP contribution is 2.07. The van der Waals surface area contributed by atoms with Gasteiger partial charge in [0.1, 0.15) is 0 Å². The average molecular weight is 208 g/mol. The van der Waals surface area contributed by atoms with Gasteiger partial charge in [-0.05, 0) is 6.42 Å². The van der Waals surface area contributed by atoms with Gasteiger partial charge in [-0.25, -0.2) is 9.97 Å². The van der Waals surface area contributed by atoms with Crippen molar-refractivity contribution in [2.75, 3.05) is 24.3 Å². The summed E-state index contributed by atoms with van der Waals surface area (Å²) >= 11 is 0. The molecule has 1 rings (SSSR count). The third-order valence-electron chi connectivity index (χ3n) is 1.80. The Bertz CT molecular complexity index is 321. The molecule has 5 nitrogen and oxygen atoms in total. The average Bonchev–Trinajstić information content (AvgIpc) is 2.18. The van der Waals surface area contributed by atoms with Crippen LogP contribution in [0, 0.1) is 0 Å². The van der Waals surface area contributed by atoms with E-state index in [1.165, 1.54) is 0 Å². The summed E-state index contributed by atoms with van der Waals surface area (Å²) in [6, 6.07) is 0. The SMILES string of the molecule is CCCC(=O)Nc1cnc(N(C)C)nc1. The summed E-state index contributed by atoms with van der Waals surface area (Å²) in [7, 11) is 3.73. The van der Waals surface area contributed by atoms with Gasteiger partial charge in [0.25, 0.3) is 0 Å². The largest absolute Gasteiger partial charge is 0.347 e. The molecule has 5 heteroatoms. The number of hydrogen-bond acceptors (Lipinski definition) is 4. The van der Waals surface area contributed by atoms with E-state index in [2.05, 4.69) is 15.3 Å². The van der Waals surface area contributed by atoms with Crippen LogP contribution in [-0.2, 0) is 4.79 Å². The maximum absolute atomic E-state index is 11.3. The summed E-state index contributed by atoms with van der Waals surface area (Å²) in [6.07, 6.45) is 4.57. The lowest BCUT2D eigenvalue weighted by Gasteiger charge is -2.10. The molecule has 1 heterocycles. The van der Waals surface area contributed by atoms with Crippen LogP contribution in [0.3, 0.4) is 0 Å². The Balaban J connectivity index is 2.60. The fourth-order valence-corrected chi connectivity index (χ4v) is 1.07. The number of carbonyl (C=O) groups is 1. The zero-order chi connectivity index (χ0) is 11.3. The number of nitrogens with one attached hydrogen (secondary N) is 1. The van der Waals surface area contributed by atoms with Crippen LogP contribution in [0.4, 0.5) is 11.6 Å². The van der Waals surface area contributed by atoms with Gasteiger partial charge in [0, 0.05) is 20.5 Å². The van der Waals surface area contributed by atoms with Gasteiger partial charge in [-0.15, -0.1) is 0 Å². The number of hydrogen-bond donors (Lipinski definition) is 1. The van der Waals surface area contributed by atoms with E-state index < -0.39 is 0 Å². The Labute approximate surface area is 89.5 Å². The smallest absolute Gasteiger partial charge is 0.224 e. The highest BCUT2D eigenvalue weighted by atomic mass is 16.1. The van der Waals surface area contributed by atoms with Crippen LogP contribution in [0.15, 0.2) is 12.4 Å². The normalized spacial score (nSPS) is 9.80. The van der Waals surface area contributed by atoms with Gasteiger partial charge < -0.3 is 10.2 Å². The molecule has 0 fully saturated rings. The van der Waals surface area contributed by atoms with Crippen molar-refractivity contribution in [3.63, 3.8) is 0 Å². The van der Waals surface area contributed by atoms with Gasteiger partial charge in [0.15, 0.2) is 0 Å². The first-order chi connectivity index (χ1) is 7.13. The highest BCUT2D eigenvalue weighted by Gasteiger charge is 2.02. The summed E-state index contributed by atoms with van der Waals surface area (Å²) in [5, 5.41) is 2.73. The van der Waals surface area contributed by atoms with Gasteiger partial charge in [-0.1, -0.05) is 6.92 Å². The second kappa shape index (κ2) is 5.29. The molecule has 0 radical (unpaired) electrons. The van der Waals surface area contributed by atoms with Crippen molar-refractivity contribution in [3.8, 4) is 0 Å². The molecular formula is C10H16N4O. The van der Waals surface area contributed by atoms with Crippen LogP contribution in [0.1, 0.15) is 19.8 Å². The van der Waals surface area contributed by atoms with Crippen LogP contribution in [0.25, 0.3) is 0 Å². The molecular weight excluding hydrogens is 192 g/mol. The quantitative estimate of drug-likeness (QED) is 0.809. The second-order valence-electron chi connectivity index (χ2n) is 3.46. The van der Waals surface area contributed by atoms with Crippen LogP contribution in [0.2, 0.25) is 0 Å². The summed E-state index contributed by atoms with van der Waals surface area (Å²) in [5.74, 6) is 0.627. The van der Waals surface area contributed by atoms with Crippen molar-refractivity contribution < 1.29 is 4.79 Å². The number of rotatable bonds is 4. The zero-order valence-corrected chi connectivity index (χ0v) is 9.32. The van der Waals surface area contributed by atoms with E-state index in [4.69, 9.17) is 0 Å². The number of anilines is 2. The van der Waals surface area contributed by atoms with E-state index in [9.17, 15) is 4.79 Å². The lowest BCUT2D eigenvalue weighted by Crippen LogP contribution is -2.14. The van der Waals surface area contributed by atoms with E-state index >= 15 is 0 Å². The molecule has 0 atom stereocenters.